The largest absolute Gasteiger partial charge is 0.388 e. The maximum absolute atomic E-state index is 13.3. The number of nitrogens with one attached hydrogen (secondary N) is 4. The number of hydrogen-bond acceptors (Lipinski definition) is 16. The van der Waals surface area contributed by atoms with Crippen LogP contribution in [0.2, 0.25) is 0 Å². The molecule has 0 aromatic heterocycles. The van der Waals surface area contributed by atoms with E-state index in [1.807, 2.05) is 30.3 Å². The maximum Gasteiger partial charge on any atom is 0.234 e. The van der Waals surface area contributed by atoms with Crippen LogP contribution in [0.1, 0.15) is 64.9 Å². The van der Waals surface area contributed by atoms with Crippen LogP contribution in [0.4, 0.5) is 0 Å². The number of hydrogen-bond donors (Lipinski definition) is 10. The van der Waals surface area contributed by atoms with Crippen molar-refractivity contribution < 1.29 is 73.6 Å². The molecule has 0 unspecified atom stereocenters. The molecule has 58 heavy (non-hydrogen) atoms. The van der Waals surface area contributed by atoms with Crippen LogP contribution in [0.5, 0.6) is 0 Å². The molecule has 20 heteroatoms. The van der Waals surface area contributed by atoms with Crippen LogP contribution < -0.4 is 21.5 Å². The molecule has 2 heterocycles. The van der Waals surface area contributed by atoms with E-state index in [0.717, 1.165) is 5.56 Å². The molecule has 2 aliphatic rings. The summed E-state index contributed by atoms with van der Waals surface area (Å²) in [5.41, 5.74) is 6.28. The number of carbonyl (C=O) groups excluding carboxylic acids is 5. The highest BCUT2D eigenvalue weighted by Gasteiger charge is 2.43. The number of aliphatic hydroxyl groups excluding tert-OH is 6. The zero-order valence-corrected chi connectivity index (χ0v) is 33.2. The number of ketones is 1. The monoisotopic (exact) mass is 827 g/mol. The van der Waals surface area contributed by atoms with Gasteiger partial charge in [0.2, 0.25) is 23.6 Å². The van der Waals surface area contributed by atoms with Crippen molar-refractivity contribution in [2.45, 2.75) is 133 Å². The quantitative estimate of drug-likeness (QED) is 0.0365. The molecule has 2 saturated heterocycles. The van der Waals surface area contributed by atoms with E-state index in [0.29, 0.717) is 19.3 Å². The first-order valence-corrected chi connectivity index (χ1v) is 19.6. The first-order valence-electron chi connectivity index (χ1n) is 19.6. The normalized spacial score (nSPS) is 27.6. The summed E-state index contributed by atoms with van der Waals surface area (Å²) in [5.74, 6) is -1.71. The highest BCUT2D eigenvalue weighted by molar-refractivity contribution is 5.83. The lowest BCUT2D eigenvalue weighted by atomic mass is 10.0. The van der Waals surface area contributed by atoms with Gasteiger partial charge in [0, 0.05) is 51.9 Å². The van der Waals surface area contributed by atoms with Crippen molar-refractivity contribution in [1.29, 1.82) is 0 Å². The molecule has 4 amide bonds. The van der Waals surface area contributed by atoms with Gasteiger partial charge in [-0.15, -0.1) is 0 Å². The fraction of sp³-hybridized carbons (Fsp3) is 0.711. The van der Waals surface area contributed by atoms with Gasteiger partial charge in [-0.1, -0.05) is 30.3 Å². The number of aliphatic hydroxyl groups is 6. The molecule has 0 spiro atoms. The van der Waals surface area contributed by atoms with E-state index in [4.69, 9.17) is 18.9 Å². The average Bonchev–Trinajstić information content (AvgIpc) is 3.20. The van der Waals surface area contributed by atoms with Crippen LogP contribution in [0.15, 0.2) is 30.3 Å². The molecular weight excluding hydrogens is 766 g/mol. The standard InChI is InChI=1S/C38H61N5O15/c1-22(44)26(21-25-9-5-4-6-10-25)41-42-29(47)11-7-8-12-30(48)43(17-13-27(45)39-15-19-55-37-35(53)33(51)31(49)23(2)57-37)18-14-28(46)40-16-20-56-38-36(54)34(52)32(50)24(3)58-38/h4-6,9-10,23-24,26,31-38,41,49-54H,7-8,11-21H2,1-3H3,(H,39,45)(H,40,46)(H,42,47)/t23-,24-,26-,31+,32+,33+,34+,35-,36-,37+,38+/m0/s1. The predicted molar refractivity (Wildman–Crippen MR) is 203 cm³/mol. The van der Waals surface area contributed by atoms with Gasteiger partial charge in [-0.2, -0.15) is 0 Å². The lowest BCUT2D eigenvalue weighted by molar-refractivity contribution is -0.292. The molecule has 0 saturated carbocycles. The molecule has 1 aromatic carbocycles. The van der Waals surface area contributed by atoms with Crippen molar-refractivity contribution in [3.8, 4) is 0 Å². The van der Waals surface area contributed by atoms with Gasteiger partial charge >= 0.3 is 0 Å². The molecular formula is C38H61N5O15. The van der Waals surface area contributed by atoms with E-state index in [-0.39, 0.29) is 82.7 Å². The highest BCUT2D eigenvalue weighted by atomic mass is 16.7. The second-order valence-electron chi connectivity index (χ2n) is 14.4. The molecule has 3 rings (SSSR count). The van der Waals surface area contributed by atoms with Gasteiger partial charge in [0.05, 0.1) is 31.5 Å². The van der Waals surface area contributed by atoms with Crippen LogP contribution in [-0.4, -0.2) is 172 Å². The number of carbonyl (C=O) groups is 5. The molecule has 0 bridgehead atoms. The molecule has 0 aliphatic carbocycles. The molecule has 2 fully saturated rings. The van der Waals surface area contributed by atoms with E-state index in [2.05, 4.69) is 21.5 Å². The van der Waals surface area contributed by atoms with Crippen molar-refractivity contribution in [2.75, 3.05) is 39.4 Å². The van der Waals surface area contributed by atoms with Gasteiger partial charge in [0.1, 0.15) is 42.4 Å². The molecule has 20 nitrogen and oxygen atoms in total. The maximum atomic E-state index is 13.3. The Morgan fingerprint density at radius 1 is 0.672 bits per heavy atom. The fourth-order valence-corrected chi connectivity index (χ4v) is 6.14. The SMILES string of the molecule is CC(=O)[C@H](Cc1ccccc1)NNC(=O)CCCCC(=O)N(CCC(=O)NCCO[C@@H]1O[C@@H](C)[C@@H](O)[C@@H](O)[C@@H]1O)CCC(=O)NCCO[C@@H]1O[C@@H](C)[C@@H](O)[C@@H](O)[C@@H]1O. The Hall–Kier alpha value is -3.67. The summed E-state index contributed by atoms with van der Waals surface area (Å²) in [6.07, 6.45) is -11.6. The van der Waals surface area contributed by atoms with Crippen LogP contribution in [0.25, 0.3) is 0 Å². The van der Waals surface area contributed by atoms with Crippen molar-refractivity contribution in [2.24, 2.45) is 0 Å². The van der Waals surface area contributed by atoms with Gasteiger partial charge in [0.15, 0.2) is 12.6 Å². The third kappa shape index (κ3) is 16.2. The second-order valence-corrected chi connectivity index (χ2v) is 14.4. The Kier molecular flexibility index (Phi) is 21.0. The third-order valence-corrected chi connectivity index (χ3v) is 9.80. The summed E-state index contributed by atoms with van der Waals surface area (Å²) in [4.78, 5) is 64.6. The van der Waals surface area contributed by atoms with Gasteiger partial charge < -0.3 is 65.1 Å². The van der Waals surface area contributed by atoms with E-state index in [9.17, 15) is 54.6 Å². The lowest BCUT2D eigenvalue weighted by Crippen LogP contribution is -2.57. The summed E-state index contributed by atoms with van der Waals surface area (Å²) < 4.78 is 21.6. The second kappa shape index (κ2) is 25.1. The van der Waals surface area contributed by atoms with Crippen molar-refractivity contribution in [3.05, 3.63) is 35.9 Å². The number of hydrazine groups is 1. The van der Waals surface area contributed by atoms with E-state index in [1.54, 1.807) is 0 Å². The summed E-state index contributed by atoms with van der Waals surface area (Å²) in [5, 5.41) is 65.0. The number of Topliss-reactive ketones (excluding diaryl/α,β-unsaturated/α-hetero) is 1. The molecule has 2 aliphatic heterocycles. The third-order valence-electron chi connectivity index (χ3n) is 9.80. The molecule has 1 aromatic rings. The van der Waals surface area contributed by atoms with Crippen molar-refractivity contribution in [3.63, 3.8) is 0 Å². The predicted octanol–water partition coefficient (Wildman–Crippen LogP) is -3.10. The van der Waals surface area contributed by atoms with Crippen molar-refractivity contribution >= 4 is 29.4 Å². The van der Waals surface area contributed by atoms with Crippen LogP contribution >= 0.6 is 0 Å². The summed E-state index contributed by atoms with van der Waals surface area (Å²) in [6, 6.07) is 8.74. The van der Waals surface area contributed by atoms with E-state index >= 15 is 0 Å². The van der Waals surface area contributed by atoms with Gasteiger partial charge in [-0.3, -0.25) is 29.4 Å². The number of amides is 4. The lowest BCUT2D eigenvalue weighted by Gasteiger charge is -2.38. The van der Waals surface area contributed by atoms with E-state index in [1.165, 1.54) is 25.7 Å². The number of ether oxygens (including phenoxy) is 4. The molecule has 10 N–H and O–H groups in total. The first kappa shape index (κ1) is 48.7. The number of nitrogens with zero attached hydrogens (tertiary/aromatic N) is 1. The molecule has 0 radical (unpaired) electrons. The minimum Gasteiger partial charge on any atom is -0.388 e. The Labute approximate surface area is 337 Å². The smallest absolute Gasteiger partial charge is 0.234 e. The number of rotatable bonds is 24. The zero-order valence-electron chi connectivity index (χ0n) is 33.2. The Balaban J connectivity index is 1.43. The summed E-state index contributed by atoms with van der Waals surface area (Å²) in [7, 11) is 0. The summed E-state index contributed by atoms with van der Waals surface area (Å²) >= 11 is 0. The fourth-order valence-electron chi connectivity index (χ4n) is 6.14. The first-order chi connectivity index (χ1) is 27.6. The van der Waals surface area contributed by atoms with Gasteiger partial charge in [0.25, 0.3) is 0 Å². The summed E-state index contributed by atoms with van der Waals surface area (Å²) in [6.45, 7) is 4.23. The Morgan fingerprint density at radius 2 is 1.16 bits per heavy atom. The van der Waals surface area contributed by atoms with E-state index < -0.39 is 79.3 Å². The van der Waals surface area contributed by atoms with Crippen LogP contribution in [-0.2, 0) is 49.3 Å². The number of benzene rings is 1. The van der Waals surface area contributed by atoms with Gasteiger partial charge in [-0.05, 0) is 45.6 Å². The zero-order chi connectivity index (χ0) is 42.8. The van der Waals surface area contributed by atoms with Gasteiger partial charge in [-0.25, -0.2) is 5.43 Å². The molecule has 11 atom stereocenters. The average molecular weight is 828 g/mol. The van der Waals surface area contributed by atoms with Crippen LogP contribution in [0.3, 0.4) is 0 Å². The minimum absolute atomic E-state index is 0.00852. The Bertz CT molecular complexity index is 1390. The number of unbranched alkanes of at least 4 members (excludes halogenated alkanes) is 1. The molecule has 328 valence electrons. The Morgan fingerprint density at radius 3 is 1.64 bits per heavy atom. The topological polar surface area (TPSA) is 295 Å². The minimum atomic E-state index is -1.49. The van der Waals surface area contributed by atoms with Crippen molar-refractivity contribution in [1.82, 2.24) is 26.4 Å². The highest BCUT2D eigenvalue weighted by Crippen LogP contribution is 2.22. The van der Waals surface area contributed by atoms with Crippen LogP contribution in [0, 0.1) is 0 Å².